The molecule has 0 aliphatic carbocycles. The van der Waals surface area contributed by atoms with Crippen molar-refractivity contribution in [3.63, 3.8) is 0 Å². The normalized spacial score (nSPS) is 23.2. The molecular formula is C11H14F3N3O3S. The number of ether oxygens (including phenoxy) is 1. The zero-order chi connectivity index (χ0) is 15.8. The van der Waals surface area contributed by atoms with Crippen molar-refractivity contribution >= 4 is 22.5 Å². The number of hydrogen-bond donors (Lipinski definition) is 1. The van der Waals surface area contributed by atoms with Crippen LogP contribution in [-0.4, -0.2) is 47.1 Å². The van der Waals surface area contributed by atoms with Crippen LogP contribution in [0.3, 0.4) is 0 Å². The Morgan fingerprint density at radius 1 is 1.52 bits per heavy atom. The molecule has 10 heteroatoms. The summed E-state index contributed by atoms with van der Waals surface area (Å²) in [5, 5.41) is 9.89. The molecule has 1 aliphatic heterocycles. The average molecular weight is 325 g/mol. The van der Waals surface area contributed by atoms with E-state index in [0.717, 1.165) is 9.80 Å². The molecule has 1 fully saturated rings. The molecule has 1 N–H and O–H groups in total. The van der Waals surface area contributed by atoms with E-state index in [2.05, 4.69) is 4.98 Å². The molecule has 1 aliphatic rings. The van der Waals surface area contributed by atoms with Crippen LogP contribution in [0.2, 0.25) is 0 Å². The Labute approximate surface area is 122 Å². The Bertz CT molecular complexity index is 522. The number of anilines is 1. The average Bonchev–Trinajstić information content (AvgIpc) is 2.94. The van der Waals surface area contributed by atoms with Gasteiger partial charge in [0.15, 0.2) is 17.6 Å². The molecule has 2 amide bonds. The highest BCUT2D eigenvalue weighted by molar-refractivity contribution is 7.15. The number of nitrogens with zero attached hydrogens (tertiary/aromatic N) is 3. The van der Waals surface area contributed by atoms with Crippen LogP contribution in [-0.2, 0) is 10.9 Å². The zero-order valence-corrected chi connectivity index (χ0v) is 12.1. The largest absolute Gasteiger partial charge is 0.427 e. The van der Waals surface area contributed by atoms with Crippen molar-refractivity contribution in [2.45, 2.75) is 32.0 Å². The van der Waals surface area contributed by atoms with Gasteiger partial charge in [0.25, 0.3) is 0 Å². The second-order valence-corrected chi connectivity index (χ2v) is 5.45. The molecule has 0 saturated carbocycles. The number of thiazole rings is 1. The number of aromatic nitrogens is 1. The quantitative estimate of drug-likeness (QED) is 0.921. The van der Waals surface area contributed by atoms with E-state index in [1.54, 1.807) is 0 Å². The van der Waals surface area contributed by atoms with Crippen molar-refractivity contribution in [2.24, 2.45) is 0 Å². The number of rotatable bonds is 4. The number of hydrogen-bond acceptors (Lipinski definition) is 5. The van der Waals surface area contributed by atoms with Crippen molar-refractivity contribution in [3.05, 3.63) is 11.1 Å². The maximum absolute atomic E-state index is 12.6. The molecule has 0 spiro atoms. The Hall–Kier alpha value is -1.39. The summed E-state index contributed by atoms with van der Waals surface area (Å²) in [5.74, 6) is 0. The van der Waals surface area contributed by atoms with E-state index < -0.39 is 29.5 Å². The minimum absolute atomic E-state index is 0.214. The van der Waals surface area contributed by atoms with Gasteiger partial charge in [0.05, 0.1) is 6.20 Å². The van der Waals surface area contributed by atoms with E-state index in [1.807, 2.05) is 6.92 Å². The fourth-order valence-corrected chi connectivity index (χ4v) is 2.67. The Kier molecular flexibility index (Phi) is 4.40. The number of urea groups is 1. The first-order chi connectivity index (χ1) is 9.77. The summed E-state index contributed by atoms with van der Waals surface area (Å²) in [6.45, 7) is 2.18. The third-order valence-electron chi connectivity index (χ3n) is 2.88. The third kappa shape index (κ3) is 2.97. The van der Waals surface area contributed by atoms with Crippen LogP contribution in [0, 0.1) is 0 Å². The van der Waals surface area contributed by atoms with Crippen molar-refractivity contribution in [2.75, 3.05) is 18.6 Å². The molecule has 0 aromatic carbocycles. The summed E-state index contributed by atoms with van der Waals surface area (Å²) >= 11 is 0.299. The SMILES string of the molecule is CCCOC1C(O)N(c2ncc(C(F)(F)F)s2)C(=O)N1C. The van der Waals surface area contributed by atoms with Crippen LogP contribution in [0.15, 0.2) is 6.20 Å². The number of carbonyl (C=O) groups excluding carboxylic acids is 1. The highest BCUT2D eigenvalue weighted by atomic mass is 32.1. The molecule has 118 valence electrons. The summed E-state index contributed by atoms with van der Waals surface area (Å²) in [6.07, 6.45) is -5.55. The number of aliphatic hydroxyl groups is 1. The maximum Gasteiger partial charge on any atom is 0.427 e. The monoisotopic (exact) mass is 325 g/mol. The number of alkyl halides is 3. The van der Waals surface area contributed by atoms with Gasteiger partial charge in [0.2, 0.25) is 0 Å². The first-order valence-electron chi connectivity index (χ1n) is 6.16. The molecule has 21 heavy (non-hydrogen) atoms. The minimum Gasteiger partial charge on any atom is -0.369 e. The fourth-order valence-electron chi connectivity index (χ4n) is 1.86. The van der Waals surface area contributed by atoms with Crippen molar-refractivity contribution < 1.29 is 27.8 Å². The molecule has 0 radical (unpaired) electrons. The standard InChI is InChI=1S/C11H14F3N3O3S/c1-3-4-20-8-7(18)17(10(19)16(8)2)9-15-5-6(21-9)11(12,13)14/h5,7-8,18H,3-4H2,1-2H3. The van der Waals surface area contributed by atoms with E-state index >= 15 is 0 Å². The molecule has 6 nitrogen and oxygen atoms in total. The molecule has 0 bridgehead atoms. The first-order valence-corrected chi connectivity index (χ1v) is 6.97. The lowest BCUT2D eigenvalue weighted by molar-refractivity contribution is -0.134. The molecule has 2 rings (SSSR count). The molecule has 2 unspecified atom stereocenters. The molecular weight excluding hydrogens is 311 g/mol. The number of amides is 2. The van der Waals surface area contributed by atoms with Gasteiger partial charge in [0, 0.05) is 13.7 Å². The van der Waals surface area contributed by atoms with Crippen LogP contribution in [0.5, 0.6) is 0 Å². The summed E-state index contributed by atoms with van der Waals surface area (Å²) in [6, 6.07) is -0.660. The van der Waals surface area contributed by atoms with E-state index in [0.29, 0.717) is 30.6 Å². The predicted octanol–water partition coefficient (Wildman–Crippen LogP) is 2.10. The van der Waals surface area contributed by atoms with Gasteiger partial charge in [-0.2, -0.15) is 13.2 Å². The molecule has 1 aromatic rings. The Balaban J connectivity index is 2.23. The molecule has 2 heterocycles. The van der Waals surface area contributed by atoms with E-state index in [-0.39, 0.29) is 5.13 Å². The highest BCUT2D eigenvalue weighted by Crippen LogP contribution is 2.38. The summed E-state index contributed by atoms with van der Waals surface area (Å²) < 4.78 is 43.1. The smallest absolute Gasteiger partial charge is 0.369 e. The summed E-state index contributed by atoms with van der Waals surface area (Å²) in [4.78, 5) is 16.6. The summed E-state index contributed by atoms with van der Waals surface area (Å²) in [7, 11) is 1.41. The lowest BCUT2D eigenvalue weighted by atomic mass is 10.4. The minimum atomic E-state index is -4.53. The number of halogens is 3. The van der Waals surface area contributed by atoms with Gasteiger partial charge in [-0.05, 0) is 6.42 Å². The second kappa shape index (κ2) is 5.78. The number of aliphatic hydroxyl groups excluding tert-OH is 1. The van der Waals surface area contributed by atoms with E-state index in [9.17, 15) is 23.1 Å². The van der Waals surface area contributed by atoms with Crippen molar-refractivity contribution in [3.8, 4) is 0 Å². The molecule has 1 aromatic heterocycles. The zero-order valence-electron chi connectivity index (χ0n) is 11.3. The van der Waals surface area contributed by atoms with Crippen LogP contribution in [0.25, 0.3) is 0 Å². The van der Waals surface area contributed by atoms with E-state index in [1.165, 1.54) is 7.05 Å². The van der Waals surface area contributed by atoms with Crippen molar-refractivity contribution in [1.29, 1.82) is 0 Å². The first kappa shape index (κ1) is 16.0. The lowest BCUT2D eigenvalue weighted by Gasteiger charge is -2.20. The Morgan fingerprint density at radius 3 is 2.71 bits per heavy atom. The number of carbonyl (C=O) groups is 1. The number of likely N-dealkylation sites (N-methyl/N-ethyl adjacent to an activating group) is 1. The van der Waals surface area contributed by atoms with Crippen LogP contribution in [0.4, 0.5) is 23.1 Å². The van der Waals surface area contributed by atoms with Gasteiger partial charge < -0.3 is 9.84 Å². The van der Waals surface area contributed by atoms with Gasteiger partial charge in [-0.15, -0.1) is 0 Å². The second-order valence-electron chi connectivity index (χ2n) is 4.44. The molecule has 1 saturated heterocycles. The Morgan fingerprint density at radius 2 is 2.19 bits per heavy atom. The van der Waals surface area contributed by atoms with Crippen LogP contribution < -0.4 is 4.90 Å². The van der Waals surface area contributed by atoms with E-state index in [4.69, 9.17) is 4.74 Å². The van der Waals surface area contributed by atoms with Gasteiger partial charge in [-0.25, -0.2) is 14.7 Å². The van der Waals surface area contributed by atoms with Crippen LogP contribution >= 0.6 is 11.3 Å². The predicted molar refractivity (Wildman–Crippen MR) is 68.8 cm³/mol. The van der Waals surface area contributed by atoms with Gasteiger partial charge in [0.1, 0.15) is 4.88 Å². The topological polar surface area (TPSA) is 65.9 Å². The lowest BCUT2D eigenvalue weighted by Crippen LogP contribution is -2.38. The third-order valence-corrected chi connectivity index (χ3v) is 3.92. The van der Waals surface area contributed by atoms with Gasteiger partial charge in [-0.1, -0.05) is 18.3 Å². The fraction of sp³-hybridized carbons (Fsp3) is 0.636. The summed E-state index contributed by atoms with van der Waals surface area (Å²) in [5.41, 5.74) is 0. The van der Waals surface area contributed by atoms with Crippen molar-refractivity contribution in [1.82, 2.24) is 9.88 Å². The molecule has 2 atom stereocenters. The maximum atomic E-state index is 12.6. The van der Waals surface area contributed by atoms with Gasteiger partial charge in [-0.3, -0.25) is 4.90 Å². The van der Waals surface area contributed by atoms with Gasteiger partial charge >= 0.3 is 12.2 Å². The highest BCUT2D eigenvalue weighted by Gasteiger charge is 2.46. The van der Waals surface area contributed by atoms with Crippen LogP contribution in [0.1, 0.15) is 18.2 Å².